The molecule has 27 heteroatoms. The van der Waals surface area contributed by atoms with Crippen molar-refractivity contribution in [1.29, 1.82) is 5.26 Å². The quantitative estimate of drug-likeness (QED) is 0.0804. The molecule has 16 rings (SSSR count). The number of hydrogen-bond acceptors (Lipinski definition) is 12. The molecule has 0 saturated heterocycles. The van der Waals surface area contributed by atoms with Crippen molar-refractivity contribution in [3.63, 3.8) is 0 Å². The zero-order valence-corrected chi connectivity index (χ0v) is 75.3. The molecule has 5 aromatic heterocycles. The Labute approximate surface area is 708 Å². The largest absolute Gasteiger partial charge is 0.497 e. The third kappa shape index (κ3) is 20.7. The van der Waals surface area contributed by atoms with Gasteiger partial charge in [-0.3, -0.25) is 23.4 Å². The average Bonchev–Trinajstić information content (AvgIpc) is 1.52. The van der Waals surface area contributed by atoms with Crippen LogP contribution in [-0.4, -0.2) is 56.0 Å². The Morgan fingerprint density at radius 3 is 1.54 bits per heavy atom. The maximum Gasteiger partial charge on any atom is 0.435 e. The highest BCUT2D eigenvalue weighted by molar-refractivity contribution is 5.82. The van der Waals surface area contributed by atoms with Crippen molar-refractivity contribution in [3.8, 4) is 11.8 Å². The SMILES string of the molecule is C=C1Nc2c(C)ccc(C)c2C1C(C)C.C=C1Nc2cc(C)ccc2C1C(C)C.C=C1Nc2cc(OC)ccc2C1C(C)C.CC(C)c1cc(C(C)(F)F)nn1C(C)C.CC(C)n1nc(C#N)c2c1C(C)(F)C1CC21.CC(C)n1nc(C(C)(F)F)c2c1CNC2.CC(C)n1nc(C(C)(F)F)c2c1COC2.CC(C)n1nc(C(F)(F)F)c2ccccc21. The average molecular weight is 1690 g/mol. The van der Waals surface area contributed by atoms with Gasteiger partial charge in [0.2, 0.25) is 0 Å². The van der Waals surface area contributed by atoms with Crippen LogP contribution in [0.15, 0.2) is 116 Å². The summed E-state index contributed by atoms with van der Waals surface area (Å²) in [6.45, 7) is 61.4. The van der Waals surface area contributed by atoms with Crippen molar-refractivity contribution in [2.24, 2.45) is 23.7 Å². The number of aryl methyl sites for hydroxylation is 3. The molecule has 17 nitrogen and oxygen atoms in total. The standard InChI is InChI=1S/C14H19N.C13H17NO.C13H17N.C12H14FN3.C11H11F3N2.C11H18F2N2.C10H15F2N3.C10H14F2N2O/c1-8(2)12-11(5)15-14-10(4)7-6-9(3)13(12)14;1-8(2)13-9(3)14-12-7-10(15-4)5-6-11(12)13;1-8(2)13-10(4)14-12-7-9(3)5-6-11(12)13;1-6(2)16-11-10(9(5-14)15-16)7-4-8(7)12(11,3)13;1-7(2)16-9-6-4-3-5-8(9)10(15-16)11(12,13)14;1-7(2)9-6-10(11(5,12)13)14-15(9)8(3)4;1-6(2)15-8-5-13-4-7(8)9(14-15)10(3,11)12;1-6(2)14-8-5-15-4-7(8)9(13-14)10(3,11)12/h6-8,12,15H,5H2,1-4H3;5-8,13-14H,3H2,1-2,4H3;5-8,13-14H,4H2,1-3H3;6-8H,4H2,1-3H3;3-7H,1-2H3;6-8H,1-5H3;6,13H,4-5H2,1-3H3;6H,4-5H2,1-3H3. The van der Waals surface area contributed by atoms with Crippen LogP contribution in [0.1, 0.15) is 320 Å². The summed E-state index contributed by atoms with van der Waals surface area (Å²) in [5.41, 5.74) is 19.1. The molecule has 4 N–H and O–H groups in total. The second-order valence-electron chi connectivity index (χ2n) is 35.9. The van der Waals surface area contributed by atoms with Crippen molar-refractivity contribution < 1.29 is 53.4 Å². The Morgan fingerprint density at radius 1 is 0.537 bits per heavy atom. The third-order valence-electron chi connectivity index (χ3n) is 22.8. The predicted molar refractivity (Wildman–Crippen MR) is 463 cm³/mol. The summed E-state index contributed by atoms with van der Waals surface area (Å²) in [6, 6.07) is 27.5. The van der Waals surface area contributed by atoms with Gasteiger partial charge < -0.3 is 30.7 Å². The van der Waals surface area contributed by atoms with Crippen LogP contribution in [0.2, 0.25) is 0 Å². The van der Waals surface area contributed by atoms with E-state index < -0.39 is 35.3 Å². The fourth-order valence-corrected chi connectivity index (χ4v) is 17.0. The van der Waals surface area contributed by atoms with Crippen molar-refractivity contribution >= 4 is 28.0 Å². The van der Waals surface area contributed by atoms with Gasteiger partial charge in [-0.1, -0.05) is 124 Å². The van der Waals surface area contributed by atoms with Crippen molar-refractivity contribution in [1.82, 2.24) is 54.2 Å². The fourth-order valence-electron chi connectivity index (χ4n) is 17.0. The number of anilines is 3. The molecule has 1 saturated carbocycles. The number of fused-ring (bicyclic) bond motifs is 9. The number of hydrogen-bond donors (Lipinski definition) is 4. The van der Waals surface area contributed by atoms with Crippen LogP contribution in [-0.2, 0) is 60.7 Å². The summed E-state index contributed by atoms with van der Waals surface area (Å²) in [5, 5.41) is 42.3. The molecule has 6 atom stereocenters. The number of halogens is 10. The molecule has 9 aromatic rings. The summed E-state index contributed by atoms with van der Waals surface area (Å²) in [6.07, 6.45) is -3.53. The van der Waals surface area contributed by atoms with Crippen molar-refractivity contribution in [2.45, 2.75) is 295 Å². The minimum Gasteiger partial charge on any atom is -0.497 e. The first-order chi connectivity index (χ1) is 56.2. The monoisotopic (exact) mass is 1690 g/mol. The minimum atomic E-state index is -4.40. The molecule has 7 aliphatic rings. The smallest absolute Gasteiger partial charge is 0.435 e. The van der Waals surface area contributed by atoms with E-state index in [9.17, 15) is 43.9 Å². The van der Waals surface area contributed by atoms with Gasteiger partial charge in [-0.05, 0) is 191 Å². The van der Waals surface area contributed by atoms with Crippen LogP contribution in [0.25, 0.3) is 10.9 Å². The number of allylic oxidation sites excluding steroid dienone is 3. The van der Waals surface area contributed by atoms with Gasteiger partial charge in [-0.25, -0.2) is 4.39 Å². The Hall–Kier alpha value is -9.68. The van der Waals surface area contributed by atoms with E-state index in [1.165, 1.54) is 61.6 Å². The predicted octanol–water partition coefficient (Wildman–Crippen LogP) is 25.8. The number of nitrogens with zero attached hydrogens (tertiary/aromatic N) is 11. The molecular formula is C94H125F10N15O2. The van der Waals surface area contributed by atoms with Gasteiger partial charge in [0.25, 0.3) is 17.8 Å². The highest BCUT2D eigenvalue weighted by Crippen LogP contribution is 2.67. The van der Waals surface area contributed by atoms with Crippen molar-refractivity contribution in [2.75, 3.05) is 23.1 Å². The van der Waals surface area contributed by atoms with Gasteiger partial charge in [-0.2, -0.15) is 70.3 Å². The number of rotatable bonds is 13. The van der Waals surface area contributed by atoms with E-state index in [4.69, 9.17) is 14.7 Å². The zero-order chi connectivity index (χ0) is 90.3. The number of ether oxygens (including phenoxy) is 2. The lowest BCUT2D eigenvalue weighted by Gasteiger charge is -2.20. The summed E-state index contributed by atoms with van der Waals surface area (Å²) >= 11 is 0. The molecule has 0 bridgehead atoms. The van der Waals surface area contributed by atoms with E-state index in [-0.39, 0.29) is 77.0 Å². The molecule has 4 aromatic carbocycles. The molecule has 121 heavy (non-hydrogen) atoms. The van der Waals surface area contributed by atoms with Gasteiger partial charge in [0.1, 0.15) is 28.9 Å². The molecule has 0 radical (unpaired) electrons. The maximum absolute atomic E-state index is 14.6. The highest BCUT2D eigenvalue weighted by atomic mass is 19.4. The first-order valence-electron chi connectivity index (χ1n) is 41.9. The Kier molecular flexibility index (Phi) is 29.2. The Morgan fingerprint density at radius 2 is 1.04 bits per heavy atom. The number of para-hydroxylation sites is 1. The highest BCUT2D eigenvalue weighted by Gasteiger charge is 2.63. The number of benzene rings is 4. The van der Waals surface area contributed by atoms with Crippen LogP contribution < -0.4 is 26.0 Å². The van der Waals surface area contributed by atoms with E-state index >= 15 is 0 Å². The van der Waals surface area contributed by atoms with E-state index in [2.05, 4.69) is 171 Å². The van der Waals surface area contributed by atoms with E-state index in [0.29, 0.717) is 83.2 Å². The Balaban J connectivity index is 0.000000157. The second kappa shape index (κ2) is 37.2. The number of alkyl halides is 10. The van der Waals surface area contributed by atoms with Crippen LogP contribution in [0, 0.1) is 55.8 Å². The summed E-state index contributed by atoms with van der Waals surface area (Å²) < 4.78 is 151. The number of nitriles is 1. The van der Waals surface area contributed by atoms with Crippen LogP contribution >= 0.6 is 0 Å². The normalized spacial score (nSPS) is 18.9. The van der Waals surface area contributed by atoms with Gasteiger partial charge in [-0.15, -0.1) is 0 Å². The van der Waals surface area contributed by atoms with Crippen LogP contribution in [0.5, 0.6) is 5.75 Å². The van der Waals surface area contributed by atoms with Gasteiger partial charge in [0, 0.05) is 156 Å². The number of methoxy groups -OCH3 is 1. The zero-order valence-electron chi connectivity index (χ0n) is 75.3. The molecule has 0 spiro atoms. The maximum atomic E-state index is 14.6. The van der Waals surface area contributed by atoms with E-state index in [1.54, 1.807) is 64.8 Å². The van der Waals surface area contributed by atoms with Crippen LogP contribution in [0.4, 0.5) is 61.0 Å². The lowest BCUT2D eigenvalue weighted by Crippen LogP contribution is -2.22. The van der Waals surface area contributed by atoms with Gasteiger partial charge in [0.05, 0.1) is 42.9 Å². The molecule has 10 heterocycles. The van der Waals surface area contributed by atoms with Crippen molar-refractivity contribution in [3.05, 3.63) is 217 Å². The molecule has 5 aliphatic heterocycles. The molecule has 1 fully saturated rings. The molecular weight excluding hydrogens is 1560 g/mol. The summed E-state index contributed by atoms with van der Waals surface area (Å²) in [4.78, 5) is 0. The van der Waals surface area contributed by atoms with Gasteiger partial charge >= 0.3 is 6.18 Å². The lowest BCUT2D eigenvalue weighted by molar-refractivity contribution is -0.140. The third-order valence-corrected chi connectivity index (χ3v) is 22.8. The molecule has 2 aliphatic carbocycles. The molecule has 658 valence electrons. The molecule has 6 unspecified atom stereocenters. The topological polar surface area (TPSA) is 179 Å². The molecule has 0 amide bonds. The lowest BCUT2D eigenvalue weighted by atomic mass is 9.85. The second-order valence-corrected chi connectivity index (χ2v) is 35.9. The van der Waals surface area contributed by atoms with E-state index in [0.717, 1.165) is 78.4 Å². The Bertz CT molecular complexity index is 5130. The summed E-state index contributed by atoms with van der Waals surface area (Å²) in [7, 11) is 1.69. The number of nitrogens with one attached hydrogen (secondary N) is 4. The first-order valence-corrected chi connectivity index (χ1v) is 41.9. The summed E-state index contributed by atoms with van der Waals surface area (Å²) in [5.74, 6) is -4.03. The van der Waals surface area contributed by atoms with Gasteiger partial charge in [0.15, 0.2) is 17.1 Å². The fraction of sp³-hybridized carbons (Fsp3) is 0.532. The number of aromatic nitrogens is 10. The van der Waals surface area contributed by atoms with E-state index in [1.807, 2.05) is 81.4 Å². The first kappa shape index (κ1) is 95.2. The van der Waals surface area contributed by atoms with Crippen LogP contribution in [0.3, 0.4) is 0 Å². The minimum absolute atomic E-state index is 0.0730.